The maximum absolute atomic E-state index is 12.8. The van der Waals surface area contributed by atoms with Crippen LogP contribution in [-0.4, -0.2) is 73.9 Å². The number of carbonyl (C=O) groups is 2. The van der Waals surface area contributed by atoms with Gasteiger partial charge >= 0.3 is 6.09 Å². The van der Waals surface area contributed by atoms with E-state index < -0.39 is 6.09 Å². The number of halogens is 1. The van der Waals surface area contributed by atoms with Crippen molar-refractivity contribution in [3.05, 3.63) is 11.6 Å². The van der Waals surface area contributed by atoms with Gasteiger partial charge in [-0.2, -0.15) is 0 Å². The van der Waals surface area contributed by atoms with Gasteiger partial charge in [-0.3, -0.25) is 4.79 Å². The molecule has 2 saturated carbocycles. The Balaban J connectivity index is 1.30. The summed E-state index contributed by atoms with van der Waals surface area (Å²) in [5.41, 5.74) is 1.99. The lowest BCUT2D eigenvalue weighted by atomic mass is 9.68. The predicted molar refractivity (Wildman–Crippen MR) is 126 cm³/mol. The number of hydrogen-bond acceptors (Lipinski definition) is 7. The Kier molecular flexibility index (Phi) is 8.05. The number of methoxy groups -OCH3 is 1. The lowest BCUT2D eigenvalue weighted by Crippen LogP contribution is -2.56. The van der Waals surface area contributed by atoms with Crippen molar-refractivity contribution in [2.24, 2.45) is 5.92 Å². The fourth-order valence-electron chi connectivity index (χ4n) is 6.13. The first kappa shape index (κ1) is 26.3. The molecule has 2 saturated heterocycles. The number of allylic oxidation sites excluding steroid dienone is 1. The van der Waals surface area contributed by atoms with E-state index in [1.807, 2.05) is 0 Å². The Labute approximate surface area is 206 Å². The number of nitrogens with one attached hydrogen (secondary N) is 3. The van der Waals surface area contributed by atoms with Crippen LogP contribution in [-0.2, 0) is 23.7 Å². The smallest absolute Gasteiger partial charge is 0.407 e. The van der Waals surface area contributed by atoms with E-state index >= 15 is 0 Å². The van der Waals surface area contributed by atoms with Crippen LogP contribution in [0, 0.1) is 5.92 Å². The van der Waals surface area contributed by atoms with Crippen LogP contribution in [0.4, 0.5) is 9.28 Å². The van der Waals surface area contributed by atoms with Crippen LogP contribution in [0.1, 0.15) is 65.7 Å². The first-order valence-corrected chi connectivity index (χ1v) is 12.8. The molecule has 10 heteroatoms. The second-order valence-corrected chi connectivity index (χ2v) is 10.9. The van der Waals surface area contributed by atoms with Crippen molar-refractivity contribution in [2.45, 2.75) is 107 Å². The van der Waals surface area contributed by atoms with Crippen molar-refractivity contribution in [1.82, 2.24) is 16.2 Å². The molecule has 0 bridgehead atoms. The molecule has 2 amide bonds. The Bertz CT molecular complexity index is 809. The van der Waals surface area contributed by atoms with Crippen LogP contribution in [0.3, 0.4) is 0 Å². The third-order valence-corrected chi connectivity index (χ3v) is 8.14. The summed E-state index contributed by atoms with van der Waals surface area (Å²) in [6.07, 6.45) is 6.38. The zero-order valence-electron chi connectivity index (χ0n) is 21.2. The van der Waals surface area contributed by atoms with Crippen molar-refractivity contribution in [3.63, 3.8) is 0 Å². The summed E-state index contributed by atoms with van der Waals surface area (Å²) in [5, 5.41) is 5.79. The van der Waals surface area contributed by atoms with Crippen molar-refractivity contribution in [2.75, 3.05) is 20.3 Å². The highest BCUT2D eigenvalue weighted by molar-refractivity contribution is 5.78. The zero-order chi connectivity index (χ0) is 25.2. The third-order valence-electron chi connectivity index (χ3n) is 8.14. The van der Waals surface area contributed by atoms with Gasteiger partial charge in [-0.25, -0.2) is 4.79 Å². The maximum atomic E-state index is 12.8. The molecule has 1 spiro atoms. The van der Waals surface area contributed by atoms with Gasteiger partial charge in [-0.05, 0) is 65.7 Å². The molecule has 4 rings (SSSR count). The van der Waals surface area contributed by atoms with Crippen LogP contribution < -0.4 is 16.2 Å². The fourth-order valence-corrected chi connectivity index (χ4v) is 6.13. The van der Waals surface area contributed by atoms with Gasteiger partial charge in [0.15, 0.2) is 0 Å². The average Bonchev–Trinajstić information content (AvgIpc) is 3.72. The summed E-state index contributed by atoms with van der Waals surface area (Å²) >= 11 is 0. The predicted octanol–water partition coefficient (Wildman–Crippen LogP) is 2.69. The van der Waals surface area contributed by atoms with E-state index in [2.05, 4.69) is 37.5 Å². The van der Waals surface area contributed by atoms with Crippen molar-refractivity contribution >= 4 is 12.0 Å². The molecule has 2 aliphatic carbocycles. The molecule has 35 heavy (non-hydrogen) atoms. The van der Waals surface area contributed by atoms with E-state index in [9.17, 15) is 14.1 Å². The first-order chi connectivity index (χ1) is 16.7. The third kappa shape index (κ3) is 5.98. The normalized spacial score (nSPS) is 40.0. The highest BCUT2D eigenvalue weighted by Gasteiger charge is 2.72. The van der Waals surface area contributed by atoms with Gasteiger partial charge < -0.3 is 29.6 Å². The number of amides is 2. The van der Waals surface area contributed by atoms with Crippen LogP contribution in [0.2, 0.25) is 0 Å². The number of hydrogen-bond donors (Lipinski definition) is 3. The summed E-state index contributed by atoms with van der Waals surface area (Å²) in [5.74, 6) is -0.380. The molecule has 198 valence electrons. The van der Waals surface area contributed by atoms with E-state index in [-0.39, 0.29) is 60.0 Å². The molecule has 0 radical (unpaired) electrons. The second kappa shape index (κ2) is 10.7. The number of epoxide rings is 2. The summed E-state index contributed by atoms with van der Waals surface area (Å²) < 4.78 is 36.1. The van der Waals surface area contributed by atoms with E-state index in [4.69, 9.17) is 18.9 Å². The molecule has 4 aliphatic rings. The fraction of sp³-hybridized carbons (Fsp3) is 0.840. The van der Waals surface area contributed by atoms with Gasteiger partial charge in [0.05, 0.1) is 18.6 Å². The molecule has 3 N–H and O–H groups in total. The minimum atomic E-state index is -0.444. The number of carbonyl (C=O) groups excluding carboxylic acids is 2. The molecular weight excluding hydrogens is 457 g/mol. The standard InChI is InChI=1S/C25H40FN3O6/c1-15(2)5-10-19-24(3,35-19)22-21(32-4)18(11-12-25(22)14-33-25)34-23(31)29-17-8-6-16(7-9-17)28-20(30)13-27-26/h5,16-19,21-22,27H,6-14H2,1-4H3,(H,28,30)(H,29,31)/t16?,17?,18?,19-,21?,22?,24+,25+/m1/s1. The van der Waals surface area contributed by atoms with Gasteiger partial charge in [0, 0.05) is 19.2 Å². The average molecular weight is 498 g/mol. The highest BCUT2D eigenvalue weighted by atomic mass is 19.2. The number of ether oxygens (including phenoxy) is 4. The Morgan fingerprint density at radius 3 is 2.34 bits per heavy atom. The largest absolute Gasteiger partial charge is 0.443 e. The summed E-state index contributed by atoms with van der Waals surface area (Å²) in [6.45, 7) is 6.63. The molecule has 2 heterocycles. The second-order valence-electron chi connectivity index (χ2n) is 10.9. The molecule has 6 atom stereocenters. The zero-order valence-corrected chi connectivity index (χ0v) is 21.2. The van der Waals surface area contributed by atoms with Crippen molar-refractivity contribution in [3.8, 4) is 0 Å². The van der Waals surface area contributed by atoms with Crippen LogP contribution in [0.15, 0.2) is 11.6 Å². The minimum Gasteiger partial charge on any atom is -0.443 e. The van der Waals surface area contributed by atoms with Gasteiger partial charge in [0.25, 0.3) is 0 Å². The molecular formula is C25H40FN3O6. The summed E-state index contributed by atoms with van der Waals surface area (Å²) in [7, 11) is 1.66. The summed E-state index contributed by atoms with van der Waals surface area (Å²) in [4.78, 5) is 24.4. The van der Waals surface area contributed by atoms with Crippen molar-refractivity contribution < 1.29 is 33.0 Å². The van der Waals surface area contributed by atoms with E-state index in [1.54, 1.807) is 7.11 Å². The highest BCUT2D eigenvalue weighted by Crippen LogP contribution is 2.59. The molecule has 2 aliphatic heterocycles. The van der Waals surface area contributed by atoms with Crippen LogP contribution in [0.5, 0.6) is 0 Å². The topological polar surface area (TPSA) is 114 Å². The minimum absolute atomic E-state index is 0.00445. The maximum Gasteiger partial charge on any atom is 0.407 e. The summed E-state index contributed by atoms with van der Waals surface area (Å²) in [6, 6.07) is -0.0265. The van der Waals surface area contributed by atoms with E-state index in [0.29, 0.717) is 13.0 Å². The van der Waals surface area contributed by atoms with Gasteiger partial charge in [0.2, 0.25) is 5.91 Å². The first-order valence-electron chi connectivity index (χ1n) is 12.8. The molecule has 4 fully saturated rings. The van der Waals surface area contributed by atoms with Gasteiger partial charge in [0.1, 0.15) is 30.0 Å². The molecule has 0 aromatic carbocycles. The molecule has 3 unspecified atom stereocenters. The van der Waals surface area contributed by atoms with E-state index in [1.165, 1.54) is 11.1 Å². The molecule has 0 aromatic rings. The Morgan fingerprint density at radius 1 is 1.11 bits per heavy atom. The Morgan fingerprint density at radius 2 is 1.77 bits per heavy atom. The van der Waals surface area contributed by atoms with E-state index in [0.717, 1.165) is 38.5 Å². The van der Waals surface area contributed by atoms with Crippen LogP contribution >= 0.6 is 0 Å². The van der Waals surface area contributed by atoms with Gasteiger partial charge in [-0.1, -0.05) is 11.6 Å². The molecule has 0 aromatic heterocycles. The quantitative estimate of drug-likeness (QED) is 0.255. The van der Waals surface area contributed by atoms with Crippen LogP contribution in [0.25, 0.3) is 0 Å². The van der Waals surface area contributed by atoms with Crippen molar-refractivity contribution in [1.29, 1.82) is 0 Å². The lowest BCUT2D eigenvalue weighted by molar-refractivity contribution is -0.121. The lowest BCUT2D eigenvalue weighted by Gasteiger charge is -2.42. The van der Waals surface area contributed by atoms with Gasteiger partial charge in [-0.15, -0.1) is 10.0 Å². The molecule has 9 nitrogen and oxygen atoms in total. The number of alkyl carbamates (subject to hydrolysis) is 1. The number of rotatable bonds is 9. The Hall–Kier alpha value is -1.75. The SMILES string of the molecule is COC1C(OC(=O)NC2CCC(NC(=O)CNF)CC2)CC[C@]2(CO2)C1[C@@]1(C)O[C@@H]1CC=C(C)C. The monoisotopic (exact) mass is 497 g/mol.